The first-order valence-corrected chi connectivity index (χ1v) is 11.8. The van der Waals surface area contributed by atoms with Crippen LogP contribution in [0.15, 0.2) is 46.3 Å². The van der Waals surface area contributed by atoms with E-state index in [9.17, 15) is 4.79 Å². The van der Waals surface area contributed by atoms with E-state index in [1.54, 1.807) is 37.3 Å². The van der Waals surface area contributed by atoms with Crippen LogP contribution < -0.4 is 9.54 Å². The molecule has 1 aromatic heterocycles. The molecule has 7 heteroatoms. The number of thiazole rings is 1. The van der Waals surface area contributed by atoms with Gasteiger partial charge in [0.05, 0.1) is 23.9 Å². The molecule has 1 amide bonds. The number of carbonyl (C=O) groups is 1. The molecule has 0 radical (unpaired) electrons. The van der Waals surface area contributed by atoms with E-state index in [1.807, 2.05) is 24.3 Å². The van der Waals surface area contributed by atoms with Gasteiger partial charge in [0, 0.05) is 25.0 Å². The number of aryl methyl sites for hydroxylation is 2. The molecule has 0 saturated heterocycles. The summed E-state index contributed by atoms with van der Waals surface area (Å²) in [6.07, 6.45) is 1.24. The quantitative estimate of drug-likeness (QED) is 0.345. The minimum absolute atomic E-state index is 0.0718. The number of benzene rings is 2. The normalized spacial score (nSPS) is 11.9. The van der Waals surface area contributed by atoms with E-state index < -0.39 is 0 Å². The molecule has 3 aromatic rings. The van der Waals surface area contributed by atoms with Crippen molar-refractivity contribution >= 4 is 39.2 Å². The number of thioether (sulfide) groups is 1. The Morgan fingerprint density at radius 1 is 1.17 bits per heavy atom. The van der Waals surface area contributed by atoms with Gasteiger partial charge in [-0.1, -0.05) is 17.4 Å². The van der Waals surface area contributed by atoms with Gasteiger partial charge in [0.15, 0.2) is 4.80 Å². The second kappa shape index (κ2) is 10.8. The minimum Gasteiger partial charge on any atom is -0.497 e. The van der Waals surface area contributed by atoms with Gasteiger partial charge < -0.3 is 14.0 Å². The van der Waals surface area contributed by atoms with Crippen LogP contribution in [-0.2, 0) is 16.1 Å². The van der Waals surface area contributed by atoms with E-state index in [1.165, 1.54) is 20.7 Å². The first-order chi connectivity index (χ1) is 14.5. The fourth-order valence-corrected chi connectivity index (χ4v) is 5.22. The number of rotatable bonds is 9. The topological polar surface area (TPSA) is 52.8 Å². The van der Waals surface area contributed by atoms with Crippen molar-refractivity contribution in [1.82, 2.24) is 4.57 Å². The van der Waals surface area contributed by atoms with Crippen molar-refractivity contribution in [2.75, 3.05) is 26.6 Å². The maximum Gasteiger partial charge on any atom is 0.248 e. The van der Waals surface area contributed by atoms with Crippen molar-refractivity contribution in [2.24, 2.45) is 4.99 Å². The summed E-state index contributed by atoms with van der Waals surface area (Å²) < 4.78 is 13.7. The standard InChI is InChI=1S/C23H28N2O3S2/c1-16-14-17(2)22-20(15-16)25(11-12-27-3)23(30-22)24-21(26)6-5-13-29-19-9-7-18(28-4)8-10-19/h7-10,14-15H,5-6,11-13H2,1-4H3. The lowest BCUT2D eigenvalue weighted by Crippen LogP contribution is -2.19. The van der Waals surface area contributed by atoms with E-state index in [0.29, 0.717) is 19.6 Å². The molecule has 0 saturated carbocycles. The predicted octanol–water partition coefficient (Wildman–Crippen LogP) is 4.97. The first kappa shape index (κ1) is 22.6. The molecule has 160 valence electrons. The smallest absolute Gasteiger partial charge is 0.248 e. The van der Waals surface area contributed by atoms with Gasteiger partial charge in [-0.05, 0) is 67.5 Å². The Morgan fingerprint density at radius 2 is 1.93 bits per heavy atom. The van der Waals surface area contributed by atoms with Crippen LogP contribution in [0.3, 0.4) is 0 Å². The van der Waals surface area contributed by atoms with Gasteiger partial charge in [0.25, 0.3) is 0 Å². The summed E-state index contributed by atoms with van der Waals surface area (Å²) >= 11 is 3.32. The lowest BCUT2D eigenvalue weighted by Gasteiger charge is -2.06. The van der Waals surface area contributed by atoms with Crippen molar-refractivity contribution < 1.29 is 14.3 Å². The summed E-state index contributed by atoms with van der Waals surface area (Å²) in [6, 6.07) is 12.3. The van der Waals surface area contributed by atoms with Crippen LogP contribution in [0.5, 0.6) is 5.75 Å². The number of amides is 1. The third kappa shape index (κ3) is 5.74. The van der Waals surface area contributed by atoms with Crippen LogP contribution in [0.25, 0.3) is 10.2 Å². The molecule has 0 spiro atoms. The van der Waals surface area contributed by atoms with Gasteiger partial charge in [-0.25, -0.2) is 0 Å². The molecule has 0 aliphatic carbocycles. The Labute approximate surface area is 185 Å². The van der Waals surface area contributed by atoms with E-state index >= 15 is 0 Å². The summed E-state index contributed by atoms with van der Waals surface area (Å²) in [5.74, 6) is 1.66. The molecular formula is C23H28N2O3S2. The molecule has 5 nitrogen and oxygen atoms in total. The van der Waals surface area contributed by atoms with Crippen molar-refractivity contribution in [2.45, 2.75) is 38.1 Å². The Balaban J connectivity index is 1.68. The Kier molecular flexibility index (Phi) is 8.13. The average molecular weight is 445 g/mol. The monoisotopic (exact) mass is 444 g/mol. The number of fused-ring (bicyclic) bond motifs is 1. The zero-order chi connectivity index (χ0) is 21.5. The first-order valence-electron chi connectivity index (χ1n) is 9.95. The molecule has 0 bridgehead atoms. The molecule has 0 unspecified atom stereocenters. The third-order valence-electron chi connectivity index (χ3n) is 4.72. The zero-order valence-corrected chi connectivity index (χ0v) is 19.6. The Hall–Kier alpha value is -2.09. The van der Waals surface area contributed by atoms with Gasteiger partial charge >= 0.3 is 0 Å². The number of ether oxygens (including phenoxy) is 2. The number of hydrogen-bond donors (Lipinski definition) is 0. The van der Waals surface area contributed by atoms with Gasteiger partial charge in [0.1, 0.15) is 5.75 Å². The number of nitrogens with zero attached hydrogens (tertiary/aromatic N) is 2. The van der Waals surface area contributed by atoms with Crippen LogP contribution in [0.1, 0.15) is 24.0 Å². The maximum absolute atomic E-state index is 12.5. The lowest BCUT2D eigenvalue weighted by molar-refractivity contribution is -0.118. The molecule has 0 atom stereocenters. The van der Waals surface area contributed by atoms with Crippen molar-refractivity contribution in [3.8, 4) is 5.75 Å². The summed E-state index contributed by atoms with van der Waals surface area (Å²) in [5.41, 5.74) is 3.54. The zero-order valence-electron chi connectivity index (χ0n) is 17.9. The Bertz CT molecular complexity index is 1070. The lowest BCUT2D eigenvalue weighted by atomic mass is 10.1. The molecule has 0 fully saturated rings. The molecule has 0 N–H and O–H groups in total. The van der Waals surface area contributed by atoms with Gasteiger partial charge in [0.2, 0.25) is 5.91 Å². The predicted molar refractivity (Wildman–Crippen MR) is 125 cm³/mol. The second-order valence-corrected chi connectivity index (χ2v) is 9.24. The van der Waals surface area contributed by atoms with Crippen molar-refractivity contribution in [3.63, 3.8) is 0 Å². The number of carbonyl (C=O) groups excluding carboxylic acids is 1. The summed E-state index contributed by atoms with van der Waals surface area (Å²) in [5, 5.41) is 0. The highest BCUT2D eigenvalue weighted by Gasteiger charge is 2.11. The minimum atomic E-state index is -0.0718. The molecule has 30 heavy (non-hydrogen) atoms. The fraction of sp³-hybridized carbons (Fsp3) is 0.391. The van der Waals surface area contributed by atoms with Crippen molar-refractivity contribution in [1.29, 1.82) is 0 Å². The summed E-state index contributed by atoms with van der Waals surface area (Å²) in [4.78, 5) is 18.9. The molecule has 0 aliphatic heterocycles. The van der Waals surface area contributed by atoms with Gasteiger partial charge in [-0.15, -0.1) is 11.8 Å². The van der Waals surface area contributed by atoms with Gasteiger partial charge in [-0.3, -0.25) is 4.79 Å². The SMILES string of the molecule is COCCn1c(=NC(=O)CCCSc2ccc(OC)cc2)sc2c(C)cc(C)cc21. The number of hydrogen-bond acceptors (Lipinski definition) is 5. The molecule has 2 aromatic carbocycles. The molecule has 3 rings (SSSR count). The molecular weight excluding hydrogens is 416 g/mol. The van der Waals surface area contributed by atoms with E-state index in [0.717, 1.165) is 28.2 Å². The van der Waals surface area contributed by atoms with Crippen LogP contribution in [-0.4, -0.2) is 37.1 Å². The summed E-state index contributed by atoms with van der Waals surface area (Å²) in [7, 11) is 3.35. The highest BCUT2D eigenvalue weighted by Crippen LogP contribution is 2.24. The molecule has 0 aliphatic rings. The van der Waals surface area contributed by atoms with Crippen LogP contribution in [0, 0.1) is 13.8 Å². The second-order valence-electron chi connectivity index (χ2n) is 7.09. The third-order valence-corrected chi connectivity index (χ3v) is 7.04. The average Bonchev–Trinajstić information content (AvgIpc) is 3.07. The van der Waals surface area contributed by atoms with E-state index in [2.05, 4.69) is 35.5 Å². The number of methoxy groups -OCH3 is 2. The highest BCUT2D eigenvalue weighted by atomic mass is 32.2. The van der Waals surface area contributed by atoms with Crippen molar-refractivity contribution in [3.05, 3.63) is 52.3 Å². The molecule has 1 heterocycles. The maximum atomic E-state index is 12.5. The Morgan fingerprint density at radius 3 is 2.63 bits per heavy atom. The highest BCUT2D eigenvalue weighted by molar-refractivity contribution is 7.99. The van der Waals surface area contributed by atoms with Crippen LogP contribution >= 0.6 is 23.1 Å². The van der Waals surface area contributed by atoms with E-state index in [4.69, 9.17) is 9.47 Å². The van der Waals surface area contributed by atoms with Crippen LogP contribution in [0.2, 0.25) is 0 Å². The fourth-order valence-electron chi connectivity index (χ4n) is 3.24. The van der Waals surface area contributed by atoms with Gasteiger partial charge in [-0.2, -0.15) is 4.99 Å². The number of aromatic nitrogens is 1. The largest absolute Gasteiger partial charge is 0.497 e. The van der Waals surface area contributed by atoms with Crippen LogP contribution in [0.4, 0.5) is 0 Å². The summed E-state index contributed by atoms with van der Waals surface area (Å²) in [6.45, 7) is 5.46. The van der Waals surface area contributed by atoms with E-state index in [-0.39, 0.29) is 5.91 Å².